The van der Waals surface area contributed by atoms with E-state index in [1.165, 1.54) is 5.57 Å². The Morgan fingerprint density at radius 3 is 2.21 bits per heavy atom. The maximum absolute atomic E-state index is 14.8. The van der Waals surface area contributed by atoms with Crippen LogP contribution in [0.5, 0.6) is 0 Å². The zero-order valence-electron chi connectivity index (χ0n) is 42.2. The van der Waals surface area contributed by atoms with Crippen molar-refractivity contribution in [2.45, 2.75) is 164 Å². The topological polar surface area (TPSA) is 131 Å². The molecule has 6 fully saturated rings. The molecular formula is C58H76N4O6. The molecule has 0 spiro atoms. The smallest absolute Gasteiger partial charge is 0.318 e. The van der Waals surface area contributed by atoms with Crippen molar-refractivity contribution in [3.63, 3.8) is 0 Å². The molecule has 1 saturated heterocycles. The minimum Gasteiger partial charge on any atom is -0.462 e. The van der Waals surface area contributed by atoms with Gasteiger partial charge in [-0.05, 0) is 138 Å². The van der Waals surface area contributed by atoms with Gasteiger partial charge in [0.1, 0.15) is 18.5 Å². The third-order valence-corrected chi connectivity index (χ3v) is 20.5. The van der Waals surface area contributed by atoms with E-state index in [0.717, 1.165) is 92.4 Å². The standard InChI is InChI=1S/C58H76N4O6/c1-35(2)47-43(63)32-58(61-52(66)62-30-16-21-42(62)49-59-33-41(60-49)37-19-14-11-15-20-37)29-28-56(8)38(48(47)58)22-23-45-55(7)26-25-46(54(5,6)44(55)24-27-57(45,56)9)68-51(65)40-31-39(53(40,3)4)50(64)67-34-36-17-12-10-13-18-36/h10-15,17-20,33,35,38-40,42,44-46H,16,21-32,34H2,1-9H3,(H,59,60)(H,61,66)/t38-,39+,40-,42+,44+,45-,46+,55+,56-,57-,58-/m1/s1. The molecule has 0 bridgehead atoms. The van der Waals surface area contributed by atoms with Gasteiger partial charge in [-0.2, -0.15) is 0 Å². The van der Waals surface area contributed by atoms with E-state index in [-0.39, 0.29) is 87.8 Å². The number of Topliss-reactive ketones (excluding diaryl/α,β-unsaturated/α-hetero) is 1. The molecule has 10 heteroatoms. The maximum Gasteiger partial charge on any atom is 0.318 e. The number of imidazole rings is 1. The van der Waals surface area contributed by atoms with Crippen LogP contribution in [0.25, 0.3) is 11.3 Å². The summed E-state index contributed by atoms with van der Waals surface area (Å²) >= 11 is 0. The number of ketones is 1. The first kappa shape index (κ1) is 47.0. The Kier molecular flexibility index (Phi) is 11.5. The lowest BCUT2D eigenvalue weighted by molar-refractivity contribution is -0.235. The fourth-order valence-electron chi connectivity index (χ4n) is 16.6. The van der Waals surface area contributed by atoms with Gasteiger partial charge < -0.3 is 24.7 Å². The lowest BCUT2D eigenvalue weighted by Crippen LogP contribution is -2.67. The predicted molar refractivity (Wildman–Crippen MR) is 262 cm³/mol. The number of ether oxygens (including phenoxy) is 2. The summed E-state index contributed by atoms with van der Waals surface area (Å²) in [5.41, 5.74) is 3.73. The van der Waals surface area contributed by atoms with Crippen molar-refractivity contribution in [1.82, 2.24) is 20.2 Å². The number of hydrogen-bond donors (Lipinski definition) is 2. The van der Waals surface area contributed by atoms with Gasteiger partial charge in [0.15, 0.2) is 5.78 Å². The highest BCUT2D eigenvalue weighted by Gasteiger charge is 2.71. The second-order valence-corrected chi connectivity index (χ2v) is 24.6. The molecule has 3 aromatic rings. The van der Waals surface area contributed by atoms with Gasteiger partial charge in [0.2, 0.25) is 0 Å². The number of nitrogens with zero attached hydrogens (tertiary/aromatic N) is 2. The number of carbonyl (C=O) groups excluding carboxylic acids is 4. The highest BCUT2D eigenvalue weighted by molar-refractivity contribution is 6.02. The third-order valence-electron chi connectivity index (χ3n) is 20.5. The van der Waals surface area contributed by atoms with Gasteiger partial charge in [-0.1, -0.05) is 123 Å². The summed E-state index contributed by atoms with van der Waals surface area (Å²) in [6, 6.07) is 19.7. The summed E-state index contributed by atoms with van der Waals surface area (Å²) in [6.45, 7) is 21.6. The maximum atomic E-state index is 14.8. The van der Waals surface area contributed by atoms with Crippen LogP contribution in [0.4, 0.5) is 4.79 Å². The molecular weight excluding hydrogens is 849 g/mol. The van der Waals surface area contributed by atoms with Crippen LogP contribution in [-0.2, 0) is 30.5 Å². The number of allylic oxidation sites excluding steroid dienone is 1. The molecule has 5 saturated carbocycles. The summed E-state index contributed by atoms with van der Waals surface area (Å²) < 4.78 is 12.3. The van der Waals surface area contributed by atoms with Gasteiger partial charge >= 0.3 is 18.0 Å². The number of nitrogens with one attached hydrogen (secondary N) is 2. The molecule has 1 aliphatic heterocycles. The number of aromatic amines is 1. The van der Waals surface area contributed by atoms with Gasteiger partial charge in [-0.15, -0.1) is 0 Å². The van der Waals surface area contributed by atoms with Gasteiger partial charge in [0, 0.05) is 18.4 Å². The molecule has 2 heterocycles. The van der Waals surface area contributed by atoms with E-state index >= 15 is 0 Å². The largest absolute Gasteiger partial charge is 0.462 e. The summed E-state index contributed by atoms with van der Waals surface area (Å²) in [5.74, 6) is 1.04. The number of likely N-dealkylation sites (tertiary alicyclic amines) is 1. The van der Waals surface area contributed by atoms with Crippen LogP contribution < -0.4 is 5.32 Å². The molecule has 11 atom stereocenters. The Hall–Kier alpha value is -4.73. The minimum atomic E-state index is -0.685. The SMILES string of the molecule is CC(C)C1=C2[C@H]3CC[C@@H]4[C@@]5(C)CC[C@H](OC(=O)[C@H]6C[C@@H](C(=O)OCc7ccccc7)C6(C)C)C(C)(C)[C@@H]5CC[C@@]4(C)[C@]3(C)CC[C@@]2(NC(=O)N2CCC[C@H]2c2ncc(-c3ccccc3)[nH]2)CC1=O. The zero-order chi connectivity index (χ0) is 48.2. The van der Waals surface area contributed by atoms with Gasteiger partial charge in [-0.25, -0.2) is 9.78 Å². The monoisotopic (exact) mass is 925 g/mol. The second-order valence-electron chi connectivity index (χ2n) is 24.6. The predicted octanol–water partition coefficient (Wildman–Crippen LogP) is 12.0. The van der Waals surface area contributed by atoms with E-state index in [4.69, 9.17) is 14.5 Å². The van der Waals surface area contributed by atoms with Crippen molar-refractivity contribution in [3.05, 3.63) is 89.4 Å². The lowest BCUT2D eigenvalue weighted by Gasteiger charge is -2.72. The number of amides is 2. The van der Waals surface area contributed by atoms with Crippen molar-refractivity contribution >= 4 is 23.8 Å². The molecule has 2 amide bonds. The average molecular weight is 925 g/mol. The van der Waals surface area contributed by atoms with E-state index in [1.807, 2.05) is 73.5 Å². The van der Waals surface area contributed by atoms with E-state index in [0.29, 0.717) is 31.2 Å². The Labute approximate surface area is 404 Å². The van der Waals surface area contributed by atoms with Gasteiger partial charge in [0.25, 0.3) is 0 Å². The Bertz CT molecular complexity index is 2490. The first-order valence-electron chi connectivity index (χ1n) is 26.1. The first-order chi connectivity index (χ1) is 32.2. The van der Waals surface area contributed by atoms with Crippen molar-refractivity contribution in [1.29, 1.82) is 0 Å². The molecule has 68 heavy (non-hydrogen) atoms. The van der Waals surface area contributed by atoms with Crippen LogP contribution in [0, 0.1) is 62.6 Å². The van der Waals surface area contributed by atoms with E-state index in [9.17, 15) is 19.2 Å². The Morgan fingerprint density at radius 1 is 0.794 bits per heavy atom. The van der Waals surface area contributed by atoms with Crippen LogP contribution in [-0.4, -0.2) is 56.8 Å². The fraction of sp³-hybridized carbons (Fsp3) is 0.638. The molecule has 10 rings (SSSR count). The van der Waals surface area contributed by atoms with E-state index in [1.54, 1.807) is 0 Å². The van der Waals surface area contributed by atoms with Crippen molar-refractivity contribution in [2.75, 3.05) is 6.54 Å². The van der Waals surface area contributed by atoms with E-state index < -0.39 is 11.0 Å². The molecule has 6 aliphatic carbocycles. The summed E-state index contributed by atoms with van der Waals surface area (Å²) in [7, 11) is 0. The van der Waals surface area contributed by atoms with Crippen LogP contribution in [0.2, 0.25) is 0 Å². The number of aromatic nitrogens is 2. The second kappa shape index (κ2) is 16.7. The number of esters is 2. The minimum absolute atomic E-state index is 0.0214. The lowest BCUT2D eigenvalue weighted by atomic mass is 9.33. The Balaban J connectivity index is 0.846. The van der Waals surface area contributed by atoms with E-state index in [2.05, 4.69) is 70.9 Å². The number of hydrogen-bond acceptors (Lipinski definition) is 7. The molecule has 0 unspecified atom stereocenters. The normalized spacial score (nSPS) is 36.8. The van der Waals surface area contributed by atoms with Gasteiger partial charge in [0.05, 0.1) is 35.3 Å². The number of carbonyl (C=O) groups is 4. The van der Waals surface area contributed by atoms with Gasteiger partial charge in [-0.3, -0.25) is 14.4 Å². The van der Waals surface area contributed by atoms with Crippen LogP contribution in [0.15, 0.2) is 78.0 Å². The Morgan fingerprint density at radius 2 is 1.50 bits per heavy atom. The molecule has 2 aromatic carbocycles. The molecule has 0 radical (unpaired) electrons. The highest BCUT2D eigenvalue weighted by atomic mass is 16.5. The highest BCUT2D eigenvalue weighted by Crippen LogP contribution is 2.76. The van der Waals surface area contributed by atoms with Crippen molar-refractivity contribution in [3.8, 4) is 11.3 Å². The molecule has 364 valence electrons. The van der Waals surface area contributed by atoms with Crippen LogP contribution in [0.3, 0.4) is 0 Å². The molecule has 10 nitrogen and oxygen atoms in total. The zero-order valence-corrected chi connectivity index (χ0v) is 42.2. The average Bonchev–Trinajstić information content (AvgIpc) is 4.05. The quantitative estimate of drug-likeness (QED) is 0.204. The molecule has 7 aliphatic rings. The summed E-state index contributed by atoms with van der Waals surface area (Å²) in [4.78, 5) is 66.8. The fourth-order valence-corrected chi connectivity index (χ4v) is 16.6. The number of urea groups is 1. The number of fused-ring (bicyclic) bond motifs is 7. The van der Waals surface area contributed by atoms with Crippen molar-refractivity contribution < 1.29 is 28.7 Å². The molecule has 2 N–H and O–H groups in total. The summed E-state index contributed by atoms with van der Waals surface area (Å²) in [5, 5.41) is 3.65. The first-order valence-corrected chi connectivity index (χ1v) is 26.1. The number of benzene rings is 2. The number of rotatable bonds is 9. The molecule has 1 aromatic heterocycles. The summed E-state index contributed by atoms with van der Waals surface area (Å²) in [6.07, 6.45) is 12.0. The number of H-pyrrole nitrogens is 1. The van der Waals surface area contributed by atoms with Crippen LogP contribution >= 0.6 is 0 Å². The van der Waals surface area contributed by atoms with Crippen molar-refractivity contribution in [2.24, 2.45) is 62.6 Å². The third kappa shape index (κ3) is 7.16. The van der Waals surface area contributed by atoms with Crippen LogP contribution in [0.1, 0.15) is 157 Å².